The summed E-state index contributed by atoms with van der Waals surface area (Å²) in [5, 5.41) is 0. The van der Waals surface area contributed by atoms with E-state index in [0.717, 1.165) is 23.9 Å². The Balaban J connectivity index is 0.000000810. The zero-order valence-corrected chi connectivity index (χ0v) is 10.2. The van der Waals surface area contributed by atoms with Crippen LogP contribution < -0.4 is 0 Å². The van der Waals surface area contributed by atoms with Gasteiger partial charge < -0.3 is 0 Å². The van der Waals surface area contributed by atoms with Crippen LogP contribution in [0.5, 0.6) is 0 Å². The first-order valence-corrected chi connectivity index (χ1v) is 4.25. The van der Waals surface area contributed by atoms with Crippen LogP contribution in [0.25, 0.3) is 0 Å². The molecule has 0 aliphatic heterocycles. The Hall–Kier alpha value is -0.117. The molecule has 0 atom stereocenters. The van der Waals surface area contributed by atoms with Crippen LogP contribution in [0.15, 0.2) is 30.3 Å². The first-order valence-electron chi connectivity index (χ1n) is 2.76. The Bertz CT molecular complexity index is 232. The molecule has 0 unspecified atom stereocenters. The average molecular weight is 247 g/mol. The number of halogens is 1. The van der Waals surface area contributed by atoms with Gasteiger partial charge in [-0.2, -0.15) is 0 Å². The third kappa shape index (κ3) is 3.15. The Morgan fingerprint density at radius 3 is 2.20 bits per heavy atom. The van der Waals surface area contributed by atoms with Gasteiger partial charge in [0.1, 0.15) is 0 Å². The molecule has 0 aliphatic carbocycles. The summed E-state index contributed by atoms with van der Waals surface area (Å²) in [4.78, 5) is 0. The topological polar surface area (TPSA) is 0 Å². The Labute approximate surface area is 81.5 Å². The Morgan fingerprint density at radius 2 is 1.70 bits per heavy atom. The fourth-order valence-electron chi connectivity index (χ4n) is 0.624. The molecule has 0 N–H and O–H groups in total. The van der Waals surface area contributed by atoms with Gasteiger partial charge in [0.25, 0.3) is 0 Å². The zero-order valence-electron chi connectivity index (χ0n) is 5.50. The molecule has 0 saturated heterocycles. The van der Waals surface area contributed by atoms with E-state index in [1.807, 2.05) is 30.3 Å². The molecule has 2 heteroatoms. The molecular weight excluding hydrogens is 241 g/mol. The van der Waals surface area contributed by atoms with Crippen LogP contribution in [0.4, 0.5) is 0 Å². The molecule has 0 bridgehead atoms. The van der Waals surface area contributed by atoms with E-state index >= 15 is 0 Å². The van der Waals surface area contributed by atoms with Gasteiger partial charge in [0, 0.05) is 0 Å². The van der Waals surface area contributed by atoms with Gasteiger partial charge in [-0.25, -0.2) is 0 Å². The van der Waals surface area contributed by atoms with Crippen molar-refractivity contribution in [1.82, 2.24) is 0 Å². The van der Waals surface area contributed by atoms with E-state index in [9.17, 15) is 0 Å². The molecule has 1 rings (SSSR count). The Kier molecular flexibility index (Phi) is 5.59. The van der Waals surface area contributed by atoms with Gasteiger partial charge in [-0.15, -0.1) is 17.0 Å². The van der Waals surface area contributed by atoms with Crippen molar-refractivity contribution in [1.29, 1.82) is 0 Å². The summed E-state index contributed by atoms with van der Waals surface area (Å²) in [6.07, 6.45) is 0. The van der Waals surface area contributed by atoms with Crippen LogP contribution in [0.1, 0.15) is 5.56 Å². The van der Waals surface area contributed by atoms with Crippen LogP contribution in [0.3, 0.4) is 0 Å². The SMILES string of the molecule is Br.[Zn][C]#Cc1ccccc1. The van der Waals surface area contributed by atoms with Gasteiger partial charge >= 0.3 is 64.6 Å². The molecule has 47 valence electrons. The number of hydrogen-bond donors (Lipinski definition) is 0. The second-order valence-electron chi connectivity index (χ2n) is 1.67. The van der Waals surface area contributed by atoms with Crippen molar-refractivity contribution in [3.05, 3.63) is 35.9 Å². The first-order chi connectivity index (χ1) is 4.43. The van der Waals surface area contributed by atoms with Crippen molar-refractivity contribution < 1.29 is 18.3 Å². The van der Waals surface area contributed by atoms with Crippen molar-refractivity contribution in [3.8, 4) is 10.4 Å². The maximum atomic E-state index is 3.01. The quantitative estimate of drug-likeness (QED) is 0.487. The minimum atomic E-state index is 0. The molecule has 0 fully saturated rings. The van der Waals surface area contributed by atoms with Crippen LogP contribution in [-0.2, 0) is 18.3 Å². The van der Waals surface area contributed by atoms with Crippen LogP contribution in [0.2, 0.25) is 0 Å². The van der Waals surface area contributed by atoms with Gasteiger partial charge in [-0.3, -0.25) is 0 Å². The monoisotopic (exact) mass is 245 g/mol. The average Bonchev–Trinajstić information content (AvgIpc) is 1.91. The molecule has 0 saturated carbocycles. The summed E-state index contributed by atoms with van der Waals surface area (Å²) in [5.41, 5.74) is 1.11. The molecule has 0 heterocycles. The van der Waals surface area contributed by atoms with E-state index in [1.165, 1.54) is 0 Å². The van der Waals surface area contributed by atoms with E-state index in [-0.39, 0.29) is 17.0 Å². The molecule has 0 nitrogen and oxygen atoms in total. The predicted octanol–water partition coefficient (Wildman–Crippen LogP) is 2.12. The molecule has 0 aromatic heterocycles. The van der Waals surface area contributed by atoms with Gasteiger partial charge in [-0.05, 0) is 0 Å². The maximum absolute atomic E-state index is 3.01. The summed E-state index contributed by atoms with van der Waals surface area (Å²) >= 11 is 1.05. The molecule has 10 heavy (non-hydrogen) atoms. The normalized spacial score (nSPS) is 7.00. The molecule has 0 spiro atoms. The minimum absolute atomic E-state index is 0. The fraction of sp³-hybridized carbons (Fsp3) is 0. The first kappa shape index (κ1) is 9.88. The van der Waals surface area contributed by atoms with E-state index in [0.29, 0.717) is 0 Å². The standard InChI is InChI=1S/C8H5.BrH.Zn/c1-2-8-6-4-3-5-7-8;;/h3-7H;1H;. The second kappa shape index (κ2) is 5.65. The van der Waals surface area contributed by atoms with Gasteiger partial charge in [0.2, 0.25) is 0 Å². The summed E-state index contributed by atoms with van der Waals surface area (Å²) in [5.74, 6) is 3.01. The van der Waals surface area contributed by atoms with Crippen molar-refractivity contribution >= 4 is 17.0 Å². The van der Waals surface area contributed by atoms with Gasteiger partial charge in [0.15, 0.2) is 0 Å². The second-order valence-corrected chi connectivity index (χ2v) is 2.41. The van der Waals surface area contributed by atoms with Crippen molar-refractivity contribution in [2.24, 2.45) is 0 Å². The summed E-state index contributed by atoms with van der Waals surface area (Å²) in [6, 6.07) is 10.0. The van der Waals surface area contributed by atoms with Crippen LogP contribution in [-0.4, -0.2) is 0 Å². The summed E-state index contributed by atoms with van der Waals surface area (Å²) < 4.78 is 2.96. The molecule has 1 aromatic rings. The van der Waals surface area contributed by atoms with Crippen molar-refractivity contribution in [2.45, 2.75) is 0 Å². The van der Waals surface area contributed by atoms with Gasteiger partial charge in [-0.1, -0.05) is 0 Å². The molecule has 0 radical (unpaired) electrons. The number of hydrogen-bond acceptors (Lipinski definition) is 0. The third-order valence-corrected chi connectivity index (χ3v) is 1.38. The molecule has 0 aliphatic rings. The number of benzene rings is 1. The van der Waals surface area contributed by atoms with E-state index in [4.69, 9.17) is 0 Å². The zero-order chi connectivity index (χ0) is 6.53. The number of rotatable bonds is 0. The summed E-state index contributed by atoms with van der Waals surface area (Å²) in [7, 11) is 0. The van der Waals surface area contributed by atoms with Crippen LogP contribution >= 0.6 is 17.0 Å². The third-order valence-electron chi connectivity index (χ3n) is 1.01. The fourth-order valence-corrected chi connectivity index (χ4v) is 1.05. The predicted molar refractivity (Wildman–Crippen MR) is 43.6 cm³/mol. The Morgan fingerprint density at radius 1 is 1.10 bits per heavy atom. The van der Waals surface area contributed by atoms with E-state index < -0.39 is 0 Å². The summed E-state index contributed by atoms with van der Waals surface area (Å²) in [6.45, 7) is 0. The van der Waals surface area contributed by atoms with Crippen molar-refractivity contribution in [2.75, 3.05) is 0 Å². The van der Waals surface area contributed by atoms with E-state index in [2.05, 4.69) is 10.4 Å². The molecule has 0 amide bonds. The van der Waals surface area contributed by atoms with Crippen molar-refractivity contribution in [3.63, 3.8) is 0 Å². The molecule has 1 aromatic carbocycles. The van der Waals surface area contributed by atoms with E-state index in [1.54, 1.807) is 0 Å². The van der Waals surface area contributed by atoms with Gasteiger partial charge in [0.05, 0.1) is 0 Å². The molecular formula is C8H6BrZn. The van der Waals surface area contributed by atoms with Crippen LogP contribution in [0, 0.1) is 10.4 Å².